The summed E-state index contributed by atoms with van der Waals surface area (Å²) in [6.45, 7) is 5.72. The number of hydrogen-bond acceptors (Lipinski definition) is 3. The third-order valence-corrected chi connectivity index (χ3v) is 5.40. The van der Waals surface area contributed by atoms with Crippen molar-refractivity contribution < 1.29 is 9.59 Å². The van der Waals surface area contributed by atoms with Gasteiger partial charge in [-0.3, -0.25) is 9.59 Å². The van der Waals surface area contributed by atoms with E-state index in [9.17, 15) is 9.59 Å². The van der Waals surface area contributed by atoms with Crippen molar-refractivity contribution in [1.82, 2.24) is 9.47 Å². The molecule has 6 nitrogen and oxygen atoms in total. The largest absolute Gasteiger partial charge is 0.342 e. The molecule has 0 saturated heterocycles. The number of fused-ring (bicyclic) bond motifs is 1. The predicted octanol–water partition coefficient (Wildman–Crippen LogP) is 2.72. The molecule has 2 aromatic rings. The number of rotatable bonds is 6. The average molecular weight is 356 g/mol. The molecule has 2 amide bonds. The number of amides is 2. The van der Waals surface area contributed by atoms with Crippen LogP contribution in [0, 0.1) is 0 Å². The summed E-state index contributed by atoms with van der Waals surface area (Å²) in [6.07, 6.45) is 5.41. The summed E-state index contributed by atoms with van der Waals surface area (Å²) in [7, 11) is 0. The summed E-state index contributed by atoms with van der Waals surface area (Å²) < 4.78 is 1.95. The fourth-order valence-electron chi connectivity index (χ4n) is 3.73. The zero-order valence-electron chi connectivity index (χ0n) is 15.6. The first kappa shape index (κ1) is 18.5. The number of carbonyl (C=O) groups excluding carboxylic acids is 2. The number of nitrogens with two attached hydrogens (primary N) is 1. The van der Waals surface area contributed by atoms with Crippen molar-refractivity contribution in [3.05, 3.63) is 30.5 Å². The van der Waals surface area contributed by atoms with E-state index >= 15 is 0 Å². The van der Waals surface area contributed by atoms with E-state index in [1.807, 2.05) is 53.8 Å². The fraction of sp³-hybridized carbons (Fsp3) is 0.500. The maximum Gasteiger partial charge on any atom is 0.244 e. The highest BCUT2D eigenvalue weighted by Crippen LogP contribution is 2.29. The smallest absolute Gasteiger partial charge is 0.244 e. The topological polar surface area (TPSA) is 80.4 Å². The standard InChI is InChI=1S/C20H28N4O2/c1-3-23(4-2)18(25)14-24-12-9-15-13-16(7-8-17(15)24)22-19(26)20(21)10-5-6-11-20/h7-9,12-13H,3-6,10-11,14,21H2,1-2H3,(H,22,26). The first-order valence-electron chi connectivity index (χ1n) is 9.44. The van der Waals surface area contributed by atoms with Crippen LogP contribution in [0.15, 0.2) is 30.5 Å². The number of hydrogen-bond donors (Lipinski definition) is 2. The molecule has 3 N–H and O–H groups in total. The monoisotopic (exact) mass is 356 g/mol. The first-order chi connectivity index (χ1) is 12.5. The molecule has 1 aliphatic carbocycles. The van der Waals surface area contributed by atoms with Gasteiger partial charge in [-0.05, 0) is 51.0 Å². The predicted molar refractivity (Wildman–Crippen MR) is 104 cm³/mol. The molecular weight excluding hydrogens is 328 g/mol. The molecule has 1 aliphatic rings. The fourth-order valence-corrected chi connectivity index (χ4v) is 3.73. The summed E-state index contributed by atoms with van der Waals surface area (Å²) in [5.41, 5.74) is 7.20. The molecule has 1 fully saturated rings. The van der Waals surface area contributed by atoms with E-state index < -0.39 is 5.54 Å². The maximum absolute atomic E-state index is 12.5. The van der Waals surface area contributed by atoms with E-state index in [1.54, 1.807) is 0 Å². The van der Waals surface area contributed by atoms with Crippen LogP contribution in [0.2, 0.25) is 0 Å². The Balaban J connectivity index is 1.74. The number of nitrogens with one attached hydrogen (secondary N) is 1. The van der Waals surface area contributed by atoms with Gasteiger partial charge in [-0.25, -0.2) is 0 Å². The van der Waals surface area contributed by atoms with Crippen LogP contribution >= 0.6 is 0 Å². The number of nitrogens with zero attached hydrogens (tertiary/aromatic N) is 2. The first-order valence-corrected chi connectivity index (χ1v) is 9.44. The zero-order chi connectivity index (χ0) is 18.7. The number of aromatic nitrogens is 1. The van der Waals surface area contributed by atoms with Crippen molar-refractivity contribution in [3.8, 4) is 0 Å². The van der Waals surface area contributed by atoms with Crippen molar-refractivity contribution in [3.63, 3.8) is 0 Å². The van der Waals surface area contributed by atoms with Gasteiger partial charge in [0, 0.05) is 35.9 Å². The molecule has 1 saturated carbocycles. The van der Waals surface area contributed by atoms with Gasteiger partial charge < -0.3 is 20.5 Å². The van der Waals surface area contributed by atoms with Crippen molar-refractivity contribution in [2.24, 2.45) is 5.73 Å². The van der Waals surface area contributed by atoms with E-state index in [2.05, 4.69) is 5.32 Å². The second-order valence-electron chi connectivity index (χ2n) is 7.10. The van der Waals surface area contributed by atoms with Gasteiger partial charge in [0.1, 0.15) is 6.54 Å². The Morgan fingerprint density at radius 2 is 1.88 bits per heavy atom. The van der Waals surface area contributed by atoms with Crippen molar-refractivity contribution in [1.29, 1.82) is 0 Å². The summed E-state index contributed by atoms with van der Waals surface area (Å²) >= 11 is 0. The molecule has 0 unspecified atom stereocenters. The normalized spacial score (nSPS) is 16.0. The summed E-state index contributed by atoms with van der Waals surface area (Å²) in [5.74, 6) is 0.00156. The molecule has 0 radical (unpaired) electrons. The third kappa shape index (κ3) is 3.60. The van der Waals surface area contributed by atoms with E-state index in [0.717, 1.165) is 42.3 Å². The average Bonchev–Trinajstić information content (AvgIpc) is 3.23. The van der Waals surface area contributed by atoms with Crippen LogP contribution in [-0.2, 0) is 16.1 Å². The minimum atomic E-state index is -0.739. The number of anilines is 1. The Morgan fingerprint density at radius 1 is 1.19 bits per heavy atom. The van der Waals surface area contributed by atoms with E-state index in [4.69, 9.17) is 5.73 Å². The van der Waals surface area contributed by atoms with Gasteiger partial charge in [0.2, 0.25) is 11.8 Å². The summed E-state index contributed by atoms with van der Waals surface area (Å²) in [5, 5.41) is 3.95. The van der Waals surface area contributed by atoms with Gasteiger partial charge in [0.25, 0.3) is 0 Å². The molecule has 0 bridgehead atoms. The second-order valence-corrected chi connectivity index (χ2v) is 7.10. The van der Waals surface area contributed by atoms with Gasteiger partial charge >= 0.3 is 0 Å². The molecule has 3 rings (SSSR count). The van der Waals surface area contributed by atoms with E-state index in [-0.39, 0.29) is 11.8 Å². The summed E-state index contributed by atoms with van der Waals surface area (Å²) in [6, 6.07) is 7.72. The number of carbonyl (C=O) groups is 2. The highest BCUT2D eigenvalue weighted by molar-refractivity contribution is 5.99. The molecule has 0 spiro atoms. The molecule has 0 atom stereocenters. The Bertz CT molecular complexity index is 801. The summed E-state index contributed by atoms with van der Waals surface area (Å²) in [4.78, 5) is 26.6. The van der Waals surface area contributed by atoms with E-state index in [1.165, 1.54) is 0 Å². The van der Waals surface area contributed by atoms with Crippen LogP contribution in [0.5, 0.6) is 0 Å². The lowest BCUT2D eigenvalue weighted by molar-refractivity contribution is -0.131. The minimum Gasteiger partial charge on any atom is -0.342 e. The lowest BCUT2D eigenvalue weighted by atomic mass is 9.98. The van der Waals surface area contributed by atoms with E-state index in [0.29, 0.717) is 19.6 Å². The highest BCUT2D eigenvalue weighted by Gasteiger charge is 2.36. The molecule has 1 heterocycles. The highest BCUT2D eigenvalue weighted by atomic mass is 16.2. The van der Waals surface area contributed by atoms with Gasteiger partial charge in [0.15, 0.2) is 0 Å². The molecule has 140 valence electrons. The van der Waals surface area contributed by atoms with Crippen LogP contribution in [-0.4, -0.2) is 39.9 Å². The van der Waals surface area contributed by atoms with Crippen molar-refractivity contribution in [2.75, 3.05) is 18.4 Å². The van der Waals surface area contributed by atoms with Crippen LogP contribution in [0.1, 0.15) is 39.5 Å². The molecular formula is C20H28N4O2. The minimum absolute atomic E-state index is 0.106. The Hall–Kier alpha value is -2.34. The van der Waals surface area contributed by atoms with Crippen LogP contribution in [0.3, 0.4) is 0 Å². The van der Waals surface area contributed by atoms with Crippen molar-refractivity contribution in [2.45, 2.75) is 51.6 Å². The van der Waals surface area contributed by atoms with Gasteiger partial charge in [-0.1, -0.05) is 12.8 Å². The molecule has 0 aliphatic heterocycles. The zero-order valence-corrected chi connectivity index (χ0v) is 15.6. The van der Waals surface area contributed by atoms with Gasteiger partial charge in [0.05, 0.1) is 5.54 Å². The Morgan fingerprint density at radius 3 is 2.54 bits per heavy atom. The number of likely N-dealkylation sites (N-methyl/N-ethyl adjacent to an activating group) is 1. The molecule has 1 aromatic heterocycles. The maximum atomic E-state index is 12.5. The third-order valence-electron chi connectivity index (χ3n) is 5.40. The van der Waals surface area contributed by atoms with Crippen LogP contribution in [0.4, 0.5) is 5.69 Å². The molecule has 26 heavy (non-hydrogen) atoms. The lowest BCUT2D eigenvalue weighted by Crippen LogP contribution is -2.48. The quantitative estimate of drug-likeness (QED) is 0.835. The Kier molecular flexibility index (Phi) is 5.32. The Labute approximate surface area is 154 Å². The van der Waals surface area contributed by atoms with Gasteiger partial charge in [-0.15, -0.1) is 0 Å². The van der Waals surface area contributed by atoms with Crippen LogP contribution in [0.25, 0.3) is 10.9 Å². The SMILES string of the molecule is CCN(CC)C(=O)Cn1ccc2cc(NC(=O)C3(N)CCCC3)ccc21. The molecule has 6 heteroatoms. The number of benzene rings is 1. The second kappa shape index (κ2) is 7.50. The van der Waals surface area contributed by atoms with Gasteiger partial charge in [-0.2, -0.15) is 0 Å². The lowest BCUT2D eigenvalue weighted by Gasteiger charge is -2.22. The molecule has 1 aromatic carbocycles. The van der Waals surface area contributed by atoms with Crippen molar-refractivity contribution >= 4 is 28.4 Å². The van der Waals surface area contributed by atoms with Crippen LogP contribution < -0.4 is 11.1 Å².